The molecule has 0 N–H and O–H groups in total. The maximum atomic E-state index is 12.9. The molecule has 25 heavy (non-hydrogen) atoms. The average molecular weight is 336 g/mol. The first-order chi connectivity index (χ1) is 12.1. The molecule has 5 nitrogen and oxygen atoms in total. The van der Waals surface area contributed by atoms with Crippen LogP contribution in [0.3, 0.4) is 0 Å². The Bertz CT molecular complexity index is 821. The van der Waals surface area contributed by atoms with Gasteiger partial charge in [0.1, 0.15) is 5.75 Å². The Morgan fingerprint density at radius 1 is 1.12 bits per heavy atom. The molecule has 1 fully saturated rings. The molecule has 128 valence electrons. The lowest BCUT2D eigenvalue weighted by Crippen LogP contribution is -2.42. The zero-order valence-electron chi connectivity index (χ0n) is 14.1. The van der Waals surface area contributed by atoms with E-state index < -0.39 is 5.41 Å². The Labute approximate surface area is 146 Å². The number of benzene rings is 2. The number of fused-ring (bicyclic) bond motifs is 2. The van der Waals surface area contributed by atoms with Crippen LogP contribution in [0.4, 0.5) is 5.69 Å². The molecule has 0 saturated carbocycles. The fourth-order valence-electron chi connectivity index (χ4n) is 3.89. The number of para-hydroxylation sites is 2. The van der Waals surface area contributed by atoms with Gasteiger partial charge in [-0.2, -0.15) is 0 Å². The average Bonchev–Trinajstić information content (AvgIpc) is 3.19. The van der Waals surface area contributed by atoms with E-state index in [0.29, 0.717) is 25.3 Å². The molecule has 1 saturated heterocycles. The summed E-state index contributed by atoms with van der Waals surface area (Å²) in [5.41, 5.74) is 1.37. The van der Waals surface area contributed by atoms with Crippen molar-refractivity contribution >= 4 is 17.5 Å². The normalized spacial score (nSPS) is 21.7. The second-order valence-electron chi connectivity index (χ2n) is 6.63. The second kappa shape index (κ2) is 5.92. The molecule has 2 aliphatic heterocycles. The topological polar surface area (TPSA) is 49.9 Å². The molecule has 2 heterocycles. The van der Waals surface area contributed by atoms with Gasteiger partial charge in [0.2, 0.25) is 5.91 Å². The predicted octanol–water partition coefficient (Wildman–Crippen LogP) is 2.21. The van der Waals surface area contributed by atoms with Gasteiger partial charge in [0.05, 0.1) is 5.41 Å². The number of ether oxygens (including phenoxy) is 1. The molecule has 2 aliphatic rings. The van der Waals surface area contributed by atoms with E-state index in [1.807, 2.05) is 54.6 Å². The van der Waals surface area contributed by atoms with Crippen LogP contribution in [0.1, 0.15) is 12.0 Å². The maximum Gasteiger partial charge on any atom is 0.260 e. The summed E-state index contributed by atoms with van der Waals surface area (Å²) in [5, 5.41) is 0. The van der Waals surface area contributed by atoms with Crippen molar-refractivity contribution in [2.75, 3.05) is 31.6 Å². The van der Waals surface area contributed by atoms with Crippen molar-refractivity contribution in [1.29, 1.82) is 0 Å². The van der Waals surface area contributed by atoms with E-state index in [4.69, 9.17) is 4.74 Å². The van der Waals surface area contributed by atoms with Gasteiger partial charge in [-0.3, -0.25) is 9.59 Å². The summed E-state index contributed by atoms with van der Waals surface area (Å²) < 4.78 is 5.56. The third-order valence-corrected chi connectivity index (χ3v) is 5.22. The Balaban J connectivity index is 1.49. The third-order valence-electron chi connectivity index (χ3n) is 5.22. The van der Waals surface area contributed by atoms with Gasteiger partial charge in [-0.1, -0.05) is 36.4 Å². The number of amides is 2. The molecule has 0 aromatic heterocycles. The van der Waals surface area contributed by atoms with Gasteiger partial charge >= 0.3 is 0 Å². The molecule has 1 spiro atoms. The zero-order valence-corrected chi connectivity index (χ0v) is 14.1. The molecule has 2 aromatic rings. The lowest BCUT2D eigenvalue weighted by molar-refractivity contribution is -0.132. The van der Waals surface area contributed by atoms with Crippen LogP contribution in [-0.4, -0.2) is 43.5 Å². The number of rotatable bonds is 3. The maximum absolute atomic E-state index is 12.9. The van der Waals surface area contributed by atoms with E-state index in [1.165, 1.54) is 0 Å². The first kappa shape index (κ1) is 15.7. The number of nitrogens with zero attached hydrogens (tertiary/aromatic N) is 2. The molecule has 5 heteroatoms. The Morgan fingerprint density at radius 3 is 2.64 bits per heavy atom. The minimum Gasteiger partial charge on any atom is -0.484 e. The molecular weight excluding hydrogens is 316 g/mol. The van der Waals surface area contributed by atoms with Gasteiger partial charge < -0.3 is 14.5 Å². The Hall–Kier alpha value is -2.82. The van der Waals surface area contributed by atoms with Gasteiger partial charge in [-0.15, -0.1) is 0 Å². The fourth-order valence-corrected chi connectivity index (χ4v) is 3.89. The summed E-state index contributed by atoms with van der Waals surface area (Å²) in [6.07, 6.45) is 0.657. The van der Waals surface area contributed by atoms with Gasteiger partial charge in [-0.05, 0) is 30.2 Å². The smallest absolute Gasteiger partial charge is 0.260 e. The van der Waals surface area contributed by atoms with Gasteiger partial charge in [-0.25, -0.2) is 0 Å². The van der Waals surface area contributed by atoms with Crippen molar-refractivity contribution < 1.29 is 14.3 Å². The monoisotopic (exact) mass is 336 g/mol. The van der Waals surface area contributed by atoms with Crippen LogP contribution in [0, 0.1) is 0 Å². The molecule has 0 aliphatic carbocycles. The van der Waals surface area contributed by atoms with Crippen LogP contribution in [0.15, 0.2) is 54.6 Å². The molecule has 2 aromatic carbocycles. The van der Waals surface area contributed by atoms with E-state index >= 15 is 0 Å². The zero-order chi connectivity index (χ0) is 17.4. The van der Waals surface area contributed by atoms with E-state index in [-0.39, 0.29) is 18.4 Å². The lowest BCUT2D eigenvalue weighted by atomic mass is 9.81. The Morgan fingerprint density at radius 2 is 1.84 bits per heavy atom. The van der Waals surface area contributed by atoms with Crippen LogP contribution in [0.2, 0.25) is 0 Å². The summed E-state index contributed by atoms with van der Waals surface area (Å²) in [4.78, 5) is 28.9. The highest BCUT2D eigenvalue weighted by Crippen LogP contribution is 2.46. The third kappa shape index (κ3) is 2.47. The van der Waals surface area contributed by atoms with Gasteiger partial charge in [0, 0.05) is 25.8 Å². The highest BCUT2D eigenvalue weighted by molar-refractivity contribution is 6.08. The summed E-state index contributed by atoms with van der Waals surface area (Å²) in [6, 6.07) is 17.1. The molecular formula is C20H20N2O3. The van der Waals surface area contributed by atoms with Crippen LogP contribution in [0.25, 0.3) is 0 Å². The fraction of sp³-hybridized carbons (Fsp3) is 0.300. The first-order valence-corrected chi connectivity index (χ1v) is 8.45. The second-order valence-corrected chi connectivity index (χ2v) is 6.63. The van der Waals surface area contributed by atoms with E-state index in [2.05, 4.69) is 0 Å². The summed E-state index contributed by atoms with van der Waals surface area (Å²) in [7, 11) is 1.80. The summed E-state index contributed by atoms with van der Waals surface area (Å²) in [5.74, 6) is 0.667. The SMILES string of the molecule is CN1C(=O)[C@]2(CCN(C(=O)COc3ccccc3)C2)c2ccccc21. The van der Waals surface area contributed by atoms with Crippen molar-refractivity contribution in [3.63, 3.8) is 0 Å². The number of hydrogen-bond acceptors (Lipinski definition) is 3. The molecule has 0 bridgehead atoms. The number of likely N-dealkylation sites (tertiary alicyclic amines) is 1. The standard InChI is InChI=1S/C20H20N2O3/c1-21-17-10-6-5-9-16(17)20(19(21)24)11-12-22(14-20)18(23)13-25-15-7-3-2-4-8-15/h2-10H,11-14H2,1H3/t20-/m0/s1. The van der Waals surface area contributed by atoms with Crippen LogP contribution >= 0.6 is 0 Å². The van der Waals surface area contributed by atoms with Crippen molar-refractivity contribution in [2.45, 2.75) is 11.8 Å². The van der Waals surface area contributed by atoms with E-state index in [9.17, 15) is 9.59 Å². The van der Waals surface area contributed by atoms with Crippen molar-refractivity contribution in [1.82, 2.24) is 4.90 Å². The number of anilines is 1. The highest BCUT2D eigenvalue weighted by Gasteiger charge is 2.54. The van der Waals surface area contributed by atoms with E-state index in [0.717, 1.165) is 11.3 Å². The van der Waals surface area contributed by atoms with Crippen LogP contribution in [0.5, 0.6) is 5.75 Å². The van der Waals surface area contributed by atoms with Gasteiger partial charge in [0.15, 0.2) is 6.61 Å². The largest absolute Gasteiger partial charge is 0.484 e. The van der Waals surface area contributed by atoms with Crippen LogP contribution in [-0.2, 0) is 15.0 Å². The molecule has 2 amide bonds. The molecule has 4 rings (SSSR count). The van der Waals surface area contributed by atoms with Crippen molar-refractivity contribution in [3.05, 3.63) is 60.2 Å². The number of carbonyl (C=O) groups is 2. The number of likely N-dealkylation sites (N-methyl/N-ethyl adjacent to an activating group) is 1. The number of carbonyl (C=O) groups excluding carboxylic acids is 2. The highest BCUT2D eigenvalue weighted by atomic mass is 16.5. The minimum atomic E-state index is -0.603. The number of hydrogen-bond donors (Lipinski definition) is 0. The minimum absolute atomic E-state index is 0.00816. The van der Waals surface area contributed by atoms with Crippen molar-refractivity contribution in [3.8, 4) is 5.75 Å². The van der Waals surface area contributed by atoms with Crippen molar-refractivity contribution in [2.24, 2.45) is 0 Å². The summed E-state index contributed by atoms with van der Waals surface area (Å²) in [6.45, 7) is 0.987. The molecule has 1 atom stereocenters. The quantitative estimate of drug-likeness (QED) is 0.863. The predicted molar refractivity (Wildman–Crippen MR) is 94.7 cm³/mol. The van der Waals surface area contributed by atoms with E-state index in [1.54, 1.807) is 16.8 Å². The Kier molecular flexibility index (Phi) is 3.71. The lowest BCUT2D eigenvalue weighted by Gasteiger charge is -2.23. The van der Waals surface area contributed by atoms with Gasteiger partial charge in [0.25, 0.3) is 5.91 Å². The molecule has 0 radical (unpaired) electrons. The molecule has 0 unspecified atom stereocenters. The summed E-state index contributed by atoms with van der Waals surface area (Å²) >= 11 is 0. The van der Waals surface area contributed by atoms with Crippen LogP contribution < -0.4 is 9.64 Å². The first-order valence-electron chi connectivity index (χ1n) is 8.45.